The van der Waals surface area contributed by atoms with Crippen molar-refractivity contribution in [2.75, 3.05) is 0 Å². The number of fused-ring (bicyclic) bond motifs is 1. The molecule has 0 spiro atoms. The van der Waals surface area contributed by atoms with Crippen LogP contribution in [0.2, 0.25) is 0 Å². The van der Waals surface area contributed by atoms with Gasteiger partial charge in [-0.25, -0.2) is 9.97 Å². The molecule has 3 heterocycles. The number of pyridine rings is 1. The molecule has 1 aromatic carbocycles. The summed E-state index contributed by atoms with van der Waals surface area (Å²) in [6.07, 6.45) is 2.43. The summed E-state index contributed by atoms with van der Waals surface area (Å²) in [4.78, 5) is 9.19. The van der Waals surface area contributed by atoms with Crippen LogP contribution in [-0.2, 0) is 6.42 Å². The van der Waals surface area contributed by atoms with Crippen LogP contribution >= 0.6 is 11.3 Å². The monoisotopic (exact) mass is 307 g/mol. The highest BCUT2D eigenvalue weighted by Crippen LogP contribution is 2.25. The summed E-state index contributed by atoms with van der Waals surface area (Å²) in [7, 11) is 0. The third-order valence-corrected chi connectivity index (χ3v) is 4.34. The van der Waals surface area contributed by atoms with Gasteiger partial charge in [-0.3, -0.25) is 4.57 Å². The Hall–Kier alpha value is -2.66. The van der Waals surface area contributed by atoms with E-state index in [4.69, 9.17) is 4.98 Å². The second kappa shape index (κ2) is 5.27. The van der Waals surface area contributed by atoms with Crippen LogP contribution in [0.25, 0.3) is 16.2 Å². The van der Waals surface area contributed by atoms with Crippen molar-refractivity contribution in [3.8, 4) is 10.8 Å². The van der Waals surface area contributed by atoms with Gasteiger partial charge in [0.15, 0.2) is 5.65 Å². The highest BCUT2D eigenvalue weighted by Gasteiger charge is 2.14. The van der Waals surface area contributed by atoms with Gasteiger partial charge >= 0.3 is 0 Å². The van der Waals surface area contributed by atoms with Gasteiger partial charge in [0.1, 0.15) is 22.1 Å². The standard InChI is InChI=1S/C17H13N3OS/c21-13-5-1-4-12(10-13)11-15-19-14-6-2-8-18-17(14)20(15)16-7-3-9-22-16/h1-10,21H,11H2. The van der Waals surface area contributed by atoms with E-state index in [2.05, 4.69) is 15.6 Å². The van der Waals surface area contributed by atoms with Crippen molar-refractivity contribution in [3.05, 3.63) is 71.5 Å². The average Bonchev–Trinajstić information content (AvgIpc) is 3.13. The molecular weight excluding hydrogens is 294 g/mol. The van der Waals surface area contributed by atoms with Crippen LogP contribution in [0, 0.1) is 0 Å². The first-order valence-corrected chi connectivity index (χ1v) is 7.83. The van der Waals surface area contributed by atoms with E-state index in [0.717, 1.165) is 27.6 Å². The van der Waals surface area contributed by atoms with Crippen LogP contribution in [0.1, 0.15) is 11.4 Å². The summed E-state index contributed by atoms with van der Waals surface area (Å²) in [5, 5.41) is 12.8. The topological polar surface area (TPSA) is 50.9 Å². The first kappa shape index (κ1) is 13.0. The van der Waals surface area contributed by atoms with Crippen LogP contribution in [0.4, 0.5) is 0 Å². The molecule has 0 aliphatic rings. The highest BCUT2D eigenvalue weighted by atomic mass is 32.1. The van der Waals surface area contributed by atoms with Crippen LogP contribution < -0.4 is 0 Å². The van der Waals surface area contributed by atoms with E-state index in [-0.39, 0.29) is 5.75 Å². The lowest BCUT2D eigenvalue weighted by Gasteiger charge is -2.06. The smallest absolute Gasteiger partial charge is 0.165 e. The van der Waals surface area contributed by atoms with E-state index in [9.17, 15) is 5.11 Å². The molecule has 4 aromatic rings. The third-order valence-electron chi connectivity index (χ3n) is 3.48. The molecule has 0 saturated carbocycles. The molecule has 22 heavy (non-hydrogen) atoms. The maximum absolute atomic E-state index is 9.65. The van der Waals surface area contributed by atoms with Crippen molar-refractivity contribution in [1.29, 1.82) is 0 Å². The molecule has 0 aliphatic carbocycles. The van der Waals surface area contributed by atoms with Crippen LogP contribution in [-0.4, -0.2) is 19.6 Å². The van der Waals surface area contributed by atoms with Crippen molar-refractivity contribution in [3.63, 3.8) is 0 Å². The lowest BCUT2D eigenvalue weighted by atomic mass is 10.1. The zero-order chi connectivity index (χ0) is 14.9. The minimum atomic E-state index is 0.273. The molecule has 3 aromatic heterocycles. The number of phenolic OH excluding ortho intramolecular Hbond substituents is 1. The van der Waals surface area contributed by atoms with Crippen LogP contribution in [0.5, 0.6) is 5.75 Å². The van der Waals surface area contributed by atoms with E-state index in [1.54, 1.807) is 29.7 Å². The molecule has 0 fully saturated rings. The fraction of sp³-hybridized carbons (Fsp3) is 0.0588. The number of imidazole rings is 1. The molecule has 1 N–H and O–H groups in total. The Bertz CT molecular complexity index is 928. The second-order valence-electron chi connectivity index (χ2n) is 5.01. The van der Waals surface area contributed by atoms with Crippen molar-refractivity contribution >= 4 is 22.5 Å². The molecule has 0 unspecified atom stereocenters. The number of phenols is 1. The molecule has 4 rings (SSSR count). The minimum absolute atomic E-state index is 0.273. The molecule has 0 amide bonds. The molecule has 4 nitrogen and oxygen atoms in total. The summed E-state index contributed by atoms with van der Waals surface area (Å²) in [5.41, 5.74) is 2.76. The fourth-order valence-electron chi connectivity index (χ4n) is 2.56. The Morgan fingerprint density at radius 1 is 1.09 bits per heavy atom. The summed E-state index contributed by atoms with van der Waals surface area (Å²) < 4.78 is 2.09. The highest BCUT2D eigenvalue weighted by molar-refractivity contribution is 7.12. The SMILES string of the molecule is Oc1cccc(Cc2nc3cccnc3n2-c2cccs2)c1. The van der Waals surface area contributed by atoms with Gasteiger partial charge in [0.05, 0.1) is 0 Å². The van der Waals surface area contributed by atoms with Gasteiger partial charge < -0.3 is 5.11 Å². The molecule has 0 aliphatic heterocycles. The quantitative estimate of drug-likeness (QED) is 0.626. The van der Waals surface area contributed by atoms with Gasteiger partial charge in [-0.2, -0.15) is 0 Å². The molecule has 0 atom stereocenters. The third kappa shape index (κ3) is 2.25. The van der Waals surface area contributed by atoms with E-state index in [1.165, 1.54) is 0 Å². The normalized spacial score (nSPS) is 11.1. The van der Waals surface area contributed by atoms with Crippen molar-refractivity contribution in [2.45, 2.75) is 6.42 Å². The zero-order valence-corrected chi connectivity index (χ0v) is 12.5. The number of rotatable bonds is 3. The zero-order valence-electron chi connectivity index (χ0n) is 11.7. The lowest BCUT2D eigenvalue weighted by molar-refractivity contribution is 0.474. The Labute approximate surface area is 131 Å². The number of thiophene rings is 1. The van der Waals surface area contributed by atoms with Gasteiger partial charge in [0, 0.05) is 12.6 Å². The van der Waals surface area contributed by atoms with Crippen molar-refractivity contribution in [2.24, 2.45) is 0 Å². The fourth-order valence-corrected chi connectivity index (χ4v) is 3.31. The van der Waals surface area contributed by atoms with E-state index >= 15 is 0 Å². The maximum atomic E-state index is 9.65. The molecule has 0 saturated heterocycles. The summed E-state index contributed by atoms with van der Waals surface area (Å²) >= 11 is 1.66. The first-order chi connectivity index (χ1) is 10.8. The summed E-state index contributed by atoms with van der Waals surface area (Å²) in [6, 6.07) is 15.2. The van der Waals surface area contributed by atoms with Crippen LogP contribution in [0.3, 0.4) is 0 Å². The Morgan fingerprint density at radius 2 is 2.05 bits per heavy atom. The van der Waals surface area contributed by atoms with E-state index < -0.39 is 0 Å². The number of hydrogen-bond donors (Lipinski definition) is 1. The number of nitrogens with zero attached hydrogens (tertiary/aromatic N) is 3. The average molecular weight is 307 g/mol. The Balaban J connectivity index is 1.88. The molecule has 0 radical (unpaired) electrons. The van der Waals surface area contributed by atoms with Gasteiger partial charge in [-0.1, -0.05) is 12.1 Å². The molecule has 5 heteroatoms. The van der Waals surface area contributed by atoms with E-state index in [0.29, 0.717) is 6.42 Å². The number of aromatic hydroxyl groups is 1. The van der Waals surface area contributed by atoms with Gasteiger partial charge in [0.2, 0.25) is 0 Å². The lowest BCUT2D eigenvalue weighted by Crippen LogP contribution is -2.01. The number of benzene rings is 1. The van der Waals surface area contributed by atoms with Crippen molar-refractivity contribution < 1.29 is 5.11 Å². The predicted octanol–water partition coefficient (Wildman–Crippen LogP) is 3.78. The molecule has 108 valence electrons. The van der Waals surface area contributed by atoms with Crippen LogP contribution in [0.15, 0.2) is 60.1 Å². The van der Waals surface area contributed by atoms with Gasteiger partial charge in [-0.15, -0.1) is 11.3 Å². The predicted molar refractivity (Wildman–Crippen MR) is 87.7 cm³/mol. The Morgan fingerprint density at radius 3 is 2.86 bits per heavy atom. The summed E-state index contributed by atoms with van der Waals surface area (Å²) in [6.45, 7) is 0. The van der Waals surface area contributed by atoms with Gasteiger partial charge in [-0.05, 0) is 47.3 Å². The largest absolute Gasteiger partial charge is 0.508 e. The molecule has 0 bridgehead atoms. The summed E-state index contributed by atoms with van der Waals surface area (Å²) in [5.74, 6) is 1.19. The number of hydrogen-bond acceptors (Lipinski definition) is 4. The van der Waals surface area contributed by atoms with Crippen molar-refractivity contribution in [1.82, 2.24) is 14.5 Å². The van der Waals surface area contributed by atoms with E-state index in [1.807, 2.05) is 35.7 Å². The Kier molecular flexibility index (Phi) is 3.12. The number of aromatic nitrogens is 3. The minimum Gasteiger partial charge on any atom is -0.508 e. The maximum Gasteiger partial charge on any atom is 0.165 e. The first-order valence-electron chi connectivity index (χ1n) is 6.95. The van der Waals surface area contributed by atoms with Gasteiger partial charge in [0.25, 0.3) is 0 Å². The molecular formula is C17H13N3OS. The second-order valence-corrected chi connectivity index (χ2v) is 5.93.